The summed E-state index contributed by atoms with van der Waals surface area (Å²) in [5.74, 6) is 0.588. The van der Waals surface area contributed by atoms with Crippen molar-refractivity contribution in [3.05, 3.63) is 35.9 Å². The normalized spacial score (nSPS) is 31.5. The van der Waals surface area contributed by atoms with Crippen LogP contribution in [-0.2, 0) is 6.54 Å². The molecular weight excluding hydrogens is 336 g/mol. The molecule has 5 heteroatoms. The van der Waals surface area contributed by atoms with Gasteiger partial charge in [-0.15, -0.1) is 0 Å². The second-order valence-corrected chi connectivity index (χ2v) is 9.03. The van der Waals surface area contributed by atoms with Crippen molar-refractivity contribution in [2.45, 2.75) is 51.1 Å². The van der Waals surface area contributed by atoms with E-state index in [9.17, 15) is 4.79 Å². The number of urea groups is 1. The van der Waals surface area contributed by atoms with Crippen molar-refractivity contribution >= 4 is 6.03 Å². The minimum Gasteiger partial charge on any atom is -0.335 e. The molecule has 3 aliphatic rings. The minimum absolute atomic E-state index is 0.148. The van der Waals surface area contributed by atoms with E-state index >= 15 is 0 Å². The smallest absolute Gasteiger partial charge is 0.317 e. The van der Waals surface area contributed by atoms with Crippen LogP contribution >= 0.6 is 0 Å². The molecule has 1 aromatic carbocycles. The van der Waals surface area contributed by atoms with Gasteiger partial charge in [0.05, 0.1) is 0 Å². The molecule has 1 aliphatic carbocycles. The molecule has 3 fully saturated rings. The number of amides is 2. The Morgan fingerprint density at radius 3 is 2.78 bits per heavy atom. The number of piperidine rings is 1. The first-order chi connectivity index (χ1) is 13.2. The summed E-state index contributed by atoms with van der Waals surface area (Å²) in [6.07, 6.45) is 6.91. The van der Waals surface area contributed by atoms with Crippen molar-refractivity contribution in [3.8, 4) is 0 Å². The van der Waals surface area contributed by atoms with Gasteiger partial charge < -0.3 is 16.0 Å². The summed E-state index contributed by atoms with van der Waals surface area (Å²) >= 11 is 0. The SMILES string of the molecule is NCC1CCC(NC(=O)N2CCC3(CCCN(Cc4ccccc4)C3)C2)C1. The van der Waals surface area contributed by atoms with Gasteiger partial charge in [-0.25, -0.2) is 4.79 Å². The molecule has 1 spiro atoms. The first-order valence-electron chi connectivity index (χ1n) is 10.7. The third kappa shape index (κ3) is 4.46. The fourth-order valence-corrected chi connectivity index (χ4v) is 5.41. The minimum atomic E-state index is 0.148. The van der Waals surface area contributed by atoms with Crippen molar-refractivity contribution in [2.75, 3.05) is 32.7 Å². The van der Waals surface area contributed by atoms with E-state index in [4.69, 9.17) is 5.73 Å². The number of carbonyl (C=O) groups is 1. The predicted molar refractivity (Wildman–Crippen MR) is 108 cm³/mol. The third-order valence-corrected chi connectivity index (χ3v) is 6.92. The Bertz CT molecular complexity index is 636. The molecule has 2 amide bonds. The molecule has 2 heterocycles. The Kier molecular flexibility index (Phi) is 5.69. The van der Waals surface area contributed by atoms with Crippen molar-refractivity contribution in [1.82, 2.24) is 15.1 Å². The van der Waals surface area contributed by atoms with Crippen molar-refractivity contribution in [2.24, 2.45) is 17.1 Å². The van der Waals surface area contributed by atoms with Crippen LogP contribution in [0.5, 0.6) is 0 Å². The number of rotatable bonds is 4. The van der Waals surface area contributed by atoms with Gasteiger partial charge in [0.25, 0.3) is 0 Å². The number of nitrogens with two attached hydrogens (primary N) is 1. The van der Waals surface area contributed by atoms with Gasteiger partial charge in [0, 0.05) is 37.6 Å². The highest BCUT2D eigenvalue weighted by Gasteiger charge is 2.43. The summed E-state index contributed by atoms with van der Waals surface area (Å²) in [7, 11) is 0. The molecule has 1 aromatic rings. The standard InChI is InChI=1S/C22H34N4O/c23-14-19-7-8-20(13-19)24-21(27)26-12-10-22(17-26)9-4-11-25(16-22)15-18-5-2-1-3-6-18/h1-3,5-6,19-20H,4,7-17,23H2,(H,24,27). The quantitative estimate of drug-likeness (QED) is 0.857. The second-order valence-electron chi connectivity index (χ2n) is 9.03. The Labute approximate surface area is 163 Å². The van der Waals surface area contributed by atoms with Crippen molar-refractivity contribution in [3.63, 3.8) is 0 Å². The number of carbonyl (C=O) groups excluding carboxylic acids is 1. The van der Waals surface area contributed by atoms with E-state index in [0.29, 0.717) is 17.4 Å². The maximum absolute atomic E-state index is 12.8. The molecule has 0 bridgehead atoms. The Balaban J connectivity index is 1.30. The number of nitrogens with one attached hydrogen (secondary N) is 1. The lowest BCUT2D eigenvalue weighted by Crippen LogP contribution is -2.47. The van der Waals surface area contributed by atoms with Gasteiger partial charge in [0.15, 0.2) is 0 Å². The molecule has 4 rings (SSSR count). The maximum Gasteiger partial charge on any atom is 0.317 e. The largest absolute Gasteiger partial charge is 0.335 e. The molecule has 3 unspecified atom stereocenters. The van der Waals surface area contributed by atoms with E-state index in [1.165, 1.54) is 24.9 Å². The van der Waals surface area contributed by atoms with Gasteiger partial charge >= 0.3 is 6.03 Å². The summed E-state index contributed by atoms with van der Waals surface area (Å²) in [6.45, 7) is 5.87. The third-order valence-electron chi connectivity index (χ3n) is 6.92. The average Bonchev–Trinajstić information content (AvgIpc) is 3.30. The Morgan fingerprint density at radius 1 is 1.15 bits per heavy atom. The highest BCUT2D eigenvalue weighted by molar-refractivity contribution is 5.75. The lowest BCUT2D eigenvalue weighted by molar-refractivity contribution is 0.0896. The van der Waals surface area contributed by atoms with Crippen LogP contribution in [0.2, 0.25) is 0 Å². The zero-order valence-corrected chi connectivity index (χ0v) is 16.4. The van der Waals surface area contributed by atoms with Crippen LogP contribution in [0.15, 0.2) is 30.3 Å². The molecular formula is C22H34N4O. The molecule has 2 aliphatic heterocycles. The Hall–Kier alpha value is -1.59. The van der Waals surface area contributed by atoms with Gasteiger partial charge in [-0.2, -0.15) is 0 Å². The molecule has 27 heavy (non-hydrogen) atoms. The van der Waals surface area contributed by atoms with E-state index < -0.39 is 0 Å². The van der Waals surface area contributed by atoms with Gasteiger partial charge in [0.1, 0.15) is 0 Å². The first kappa shape index (κ1) is 18.8. The zero-order valence-electron chi connectivity index (χ0n) is 16.4. The summed E-state index contributed by atoms with van der Waals surface area (Å²) < 4.78 is 0. The summed E-state index contributed by atoms with van der Waals surface area (Å²) in [5.41, 5.74) is 7.46. The number of hydrogen-bond acceptors (Lipinski definition) is 3. The first-order valence-corrected chi connectivity index (χ1v) is 10.7. The summed E-state index contributed by atoms with van der Waals surface area (Å²) in [5, 5.41) is 3.28. The van der Waals surface area contributed by atoms with Crippen LogP contribution in [0.3, 0.4) is 0 Å². The molecule has 0 aromatic heterocycles. The monoisotopic (exact) mass is 370 g/mol. The second kappa shape index (κ2) is 8.19. The fraction of sp³-hybridized carbons (Fsp3) is 0.682. The van der Waals surface area contributed by atoms with Crippen LogP contribution in [0.4, 0.5) is 4.79 Å². The fourth-order valence-electron chi connectivity index (χ4n) is 5.41. The molecule has 3 atom stereocenters. The van der Waals surface area contributed by atoms with E-state index in [0.717, 1.165) is 58.4 Å². The molecule has 5 nitrogen and oxygen atoms in total. The summed E-state index contributed by atoms with van der Waals surface area (Å²) in [4.78, 5) is 17.4. The van der Waals surface area contributed by atoms with Crippen LogP contribution < -0.4 is 11.1 Å². The van der Waals surface area contributed by atoms with Gasteiger partial charge in [-0.05, 0) is 63.1 Å². The van der Waals surface area contributed by atoms with E-state index in [1.807, 2.05) is 0 Å². The molecule has 1 saturated carbocycles. The Morgan fingerprint density at radius 2 is 2.00 bits per heavy atom. The molecule has 2 saturated heterocycles. The molecule has 0 radical (unpaired) electrons. The van der Waals surface area contributed by atoms with Crippen molar-refractivity contribution in [1.29, 1.82) is 0 Å². The van der Waals surface area contributed by atoms with Crippen LogP contribution in [-0.4, -0.2) is 54.6 Å². The highest BCUT2D eigenvalue weighted by atomic mass is 16.2. The van der Waals surface area contributed by atoms with E-state index in [1.54, 1.807) is 0 Å². The van der Waals surface area contributed by atoms with E-state index in [-0.39, 0.29) is 6.03 Å². The highest BCUT2D eigenvalue weighted by Crippen LogP contribution is 2.39. The van der Waals surface area contributed by atoms with Crippen LogP contribution in [0.25, 0.3) is 0 Å². The zero-order chi connectivity index (χ0) is 18.7. The maximum atomic E-state index is 12.8. The lowest BCUT2D eigenvalue weighted by atomic mass is 9.79. The number of hydrogen-bond donors (Lipinski definition) is 2. The number of likely N-dealkylation sites (tertiary alicyclic amines) is 2. The topological polar surface area (TPSA) is 61.6 Å². The average molecular weight is 371 g/mol. The molecule has 3 N–H and O–H groups in total. The molecule has 148 valence electrons. The lowest BCUT2D eigenvalue weighted by Gasteiger charge is -2.40. The summed E-state index contributed by atoms with van der Waals surface area (Å²) in [6, 6.07) is 11.2. The van der Waals surface area contributed by atoms with Crippen LogP contribution in [0.1, 0.15) is 44.1 Å². The predicted octanol–water partition coefficient (Wildman–Crippen LogP) is 2.81. The van der Waals surface area contributed by atoms with Crippen LogP contribution in [0, 0.1) is 11.3 Å². The number of benzene rings is 1. The van der Waals surface area contributed by atoms with E-state index in [2.05, 4.69) is 45.4 Å². The van der Waals surface area contributed by atoms with Gasteiger partial charge in [-0.3, -0.25) is 4.90 Å². The van der Waals surface area contributed by atoms with Gasteiger partial charge in [0.2, 0.25) is 0 Å². The number of nitrogens with zero attached hydrogens (tertiary/aromatic N) is 2. The van der Waals surface area contributed by atoms with Gasteiger partial charge in [-0.1, -0.05) is 30.3 Å². The van der Waals surface area contributed by atoms with Crippen molar-refractivity contribution < 1.29 is 4.79 Å².